The number of methoxy groups -OCH3 is 1. The molecule has 1 nitrogen and oxygen atoms in total. The van der Waals surface area contributed by atoms with Crippen LogP contribution in [0.2, 0.25) is 0 Å². The second kappa shape index (κ2) is 6.17. The van der Waals surface area contributed by atoms with Gasteiger partial charge in [-0.2, -0.15) is 0 Å². The van der Waals surface area contributed by atoms with E-state index in [1.54, 1.807) is 7.11 Å². The maximum absolute atomic E-state index is 5.62. The Kier molecular flexibility index (Phi) is 4.23. The zero-order valence-corrected chi connectivity index (χ0v) is 14.2. The lowest BCUT2D eigenvalue weighted by Gasteiger charge is -2.20. The molecule has 0 amide bonds. The molecule has 1 saturated carbocycles. The predicted molar refractivity (Wildman–Crippen MR) is 96.6 cm³/mol. The van der Waals surface area contributed by atoms with Crippen molar-refractivity contribution < 1.29 is 4.74 Å². The second-order valence-corrected chi connectivity index (χ2v) is 6.36. The van der Waals surface area contributed by atoms with Gasteiger partial charge < -0.3 is 4.74 Å². The Morgan fingerprint density at radius 2 is 1.48 bits per heavy atom. The average molecular weight is 304 g/mol. The van der Waals surface area contributed by atoms with Crippen LogP contribution in [0.15, 0.2) is 84.0 Å². The van der Waals surface area contributed by atoms with Gasteiger partial charge in [-0.05, 0) is 42.5 Å². The number of hydrogen-bond acceptors (Lipinski definition) is 1. The molecular weight excluding hydrogens is 280 g/mol. The van der Waals surface area contributed by atoms with Crippen LogP contribution in [0.25, 0.3) is 0 Å². The fraction of sp³-hybridized carbons (Fsp3) is 0.273. The Morgan fingerprint density at radius 1 is 1.00 bits per heavy atom. The number of ether oxygens (including phenoxy) is 1. The van der Waals surface area contributed by atoms with Crippen molar-refractivity contribution in [1.29, 1.82) is 0 Å². The van der Waals surface area contributed by atoms with Gasteiger partial charge in [0, 0.05) is 12.5 Å². The van der Waals surface area contributed by atoms with E-state index in [1.807, 2.05) is 0 Å². The Morgan fingerprint density at radius 3 is 1.87 bits per heavy atom. The second-order valence-electron chi connectivity index (χ2n) is 6.36. The molecule has 2 aromatic rings. The minimum Gasteiger partial charge on any atom is -0.377 e. The summed E-state index contributed by atoms with van der Waals surface area (Å²) in [4.78, 5) is 0. The summed E-state index contributed by atoms with van der Waals surface area (Å²) in [5.41, 5.74) is 6.48. The lowest BCUT2D eigenvalue weighted by Crippen LogP contribution is -2.14. The lowest BCUT2D eigenvalue weighted by molar-refractivity contribution is 0.148. The third kappa shape index (κ3) is 2.66. The zero-order chi connectivity index (χ0) is 16.4. The topological polar surface area (TPSA) is 9.23 Å². The molecule has 1 fully saturated rings. The molecule has 3 rings (SSSR count). The average Bonchev–Trinajstić information content (AvgIpc) is 3.32. The maximum Gasteiger partial charge on any atom is 0.0795 e. The molecule has 23 heavy (non-hydrogen) atoms. The normalized spacial score (nSPS) is 19.1. The highest BCUT2D eigenvalue weighted by atomic mass is 16.5. The van der Waals surface area contributed by atoms with Crippen LogP contribution in [-0.4, -0.2) is 13.2 Å². The van der Waals surface area contributed by atoms with Gasteiger partial charge in [0.2, 0.25) is 0 Å². The fourth-order valence-electron chi connectivity index (χ4n) is 3.68. The highest BCUT2D eigenvalue weighted by molar-refractivity contribution is 5.64. The maximum atomic E-state index is 5.62. The van der Waals surface area contributed by atoms with Gasteiger partial charge in [-0.15, -0.1) is 0 Å². The molecule has 0 aliphatic heterocycles. The summed E-state index contributed by atoms with van der Waals surface area (Å²) >= 11 is 0. The van der Waals surface area contributed by atoms with Crippen LogP contribution in [0.3, 0.4) is 0 Å². The molecule has 0 spiro atoms. The van der Waals surface area contributed by atoms with Crippen LogP contribution >= 0.6 is 0 Å². The summed E-state index contributed by atoms with van der Waals surface area (Å²) in [6.07, 6.45) is 1.11. The van der Waals surface area contributed by atoms with Crippen molar-refractivity contribution in [3.05, 3.63) is 95.1 Å². The summed E-state index contributed by atoms with van der Waals surface area (Å²) in [5.74, 6) is 0. The zero-order valence-electron chi connectivity index (χ0n) is 14.2. The predicted octanol–water partition coefficient (Wildman–Crippen LogP) is 5.28. The van der Waals surface area contributed by atoms with Gasteiger partial charge in [0.15, 0.2) is 0 Å². The van der Waals surface area contributed by atoms with Crippen molar-refractivity contribution in [3.63, 3.8) is 0 Å². The molecule has 1 unspecified atom stereocenters. The van der Waals surface area contributed by atoms with E-state index in [2.05, 4.69) is 81.1 Å². The van der Waals surface area contributed by atoms with Crippen LogP contribution in [0.1, 0.15) is 31.4 Å². The van der Waals surface area contributed by atoms with Crippen LogP contribution in [0, 0.1) is 0 Å². The number of allylic oxidation sites excluding steroid dienone is 1. The van der Waals surface area contributed by atoms with Crippen molar-refractivity contribution in [2.45, 2.75) is 31.8 Å². The third-order valence-corrected chi connectivity index (χ3v) is 4.91. The minimum atomic E-state index is -0.0242. The van der Waals surface area contributed by atoms with Crippen LogP contribution in [-0.2, 0) is 10.2 Å². The van der Waals surface area contributed by atoms with Crippen molar-refractivity contribution in [2.24, 2.45) is 0 Å². The van der Waals surface area contributed by atoms with E-state index in [0.717, 1.165) is 12.0 Å². The van der Waals surface area contributed by atoms with Gasteiger partial charge in [-0.1, -0.05) is 72.8 Å². The Labute approximate surface area is 139 Å². The molecule has 1 heteroatoms. The molecule has 0 bridgehead atoms. The Bertz CT molecular complexity index is 686. The molecule has 0 heterocycles. The molecule has 1 aliphatic carbocycles. The summed E-state index contributed by atoms with van der Waals surface area (Å²) in [5, 5.41) is 0. The van der Waals surface area contributed by atoms with Gasteiger partial charge >= 0.3 is 0 Å². The Hall–Kier alpha value is -2.12. The molecule has 0 N–H and O–H groups in total. The molecule has 2 aromatic carbocycles. The molecular formula is C22H24O. The van der Waals surface area contributed by atoms with Crippen molar-refractivity contribution in [3.8, 4) is 0 Å². The van der Waals surface area contributed by atoms with E-state index >= 15 is 0 Å². The first kappa shape index (κ1) is 15.8. The van der Waals surface area contributed by atoms with E-state index < -0.39 is 0 Å². The first-order valence-electron chi connectivity index (χ1n) is 8.14. The largest absolute Gasteiger partial charge is 0.377 e. The molecule has 1 atom stereocenters. The third-order valence-electron chi connectivity index (χ3n) is 4.91. The van der Waals surface area contributed by atoms with Crippen molar-refractivity contribution in [2.75, 3.05) is 7.11 Å². The first-order chi connectivity index (χ1) is 11.1. The van der Waals surface area contributed by atoms with E-state index in [4.69, 9.17) is 4.74 Å². The molecule has 118 valence electrons. The highest BCUT2D eigenvalue weighted by Gasteiger charge is 2.53. The van der Waals surface area contributed by atoms with E-state index in [-0.39, 0.29) is 11.5 Å². The number of rotatable bonds is 5. The minimum absolute atomic E-state index is 0.0242. The summed E-state index contributed by atoms with van der Waals surface area (Å²) in [6.45, 7) is 8.39. The van der Waals surface area contributed by atoms with Gasteiger partial charge in [-0.3, -0.25) is 0 Å². The van der Waals surface area contributed by atoms with Crippen LogP contribution in [0.5, 0.6) is 0 Å². The monoisotopic (exact) mass is 304 g/mol. The molecule has 1 aliphatic rings. The molecule has 0 saturated heterocycles. The van der Waals surface area contributed by atoms with Crippen LogP contribution < -0.4 is 0 Å². The quantitative estimate of drug-likeness (QED) is 0.730. The first-order valence-corrected chi connectivity index (χ1v) is 8.14. The standard InChI is InChI=1S/C22H24O/c1-16(2)21(17(3)23-4)20-15-22(20,18-11-7-5-8-12-18)19-13-9-6-10-14-19/h5-14,17H,1,15H2,2-4H3/b21-20+. The SMILES string of the molecule is C=C(C)/C(=C1/CC1(c1ccccc1)c1ccccc1)C(C)OC. The lowest BCUT2D eigenvalue weighted by atomic mass is 9.85. The summed E-state index contributed by atoms with van der Waals surface area (Å²) in [7, 11) is 1.77. The van der Waals surface area contributed by atoms with E-state index in [9.17, 15) is 0 Å². The van der Waals surface area contributed by atoms with Crippen molar-refractivity contribution >= 4 is 0 Å². The molecule has 0 aromatic heterocycles. The number of benzene rings is 2. The van der Waals surface area contributed by atoms with Crippen molar-refractivity contribution in [1.82, 2.24) is 0 Å². The summed E-state index contributed by atoms with van der Waals surface area (Å²) in [6, 6.07) is 21.6. The fourth-order valence-corrected chi connectivity index (χ4v) is 3.68. The van der Waals surface area contributed by atoms with Gasteiger partial charge in [0.05, 0.1) is 6.10 Å². The van der Waals surface area contributed by atoms with Gasteiger partial charge in [-0.25, -0.2) is 0 Å². The van der Waals surface area contributed by atoms with Gasteiger partial charge in [0.25, 0.3) is 0 Å². The molecule has 0 radical (unpaired) electrons. The van der Waals surface area contributed by atoms with E-state index in [1.165, 1.54) is 22.3 Å². The highest BCUT2D eigenvalue weighted by Crippen LogP contribution is 2.60. The summed E-state index contributed by atoms with van der Waals surface area (Å²) < 4.78 is 5.62. The Balaban J connectivity index is 2.20. The smallest absolute Gasteiger partial charge is 0.0795 e. The number of hydrogen-bond donors (Lipinski definition) is 0. The van der Waals surface area contributed by atoms with Crippen LogP contribution in [0.4, 0.5) is 0 Å². The van der Waals surface area contributed by atoms with Gasteiger partial charge in [0.1, 0.15) is 0 Å². The van der Waals surface area contributed by atoms with E-state index in [0.29, 0.717) is 0 Å².